The molecule has 2 unspecified atom stereocenters. The molecule has 1 aliphatic rings. The Morgan fingerprint density at radius 1 is 1.43 bits per heavy atom. The summed E-state index contributed by atoms with van der Waals surface area (Å²) in [7, 11) is 0. The van der Waals surface area contributed by atoms with Crippen molar-refractivity contribution in [1.82, 2.24) is 10.1 Å². The van der Waals surface area contributed by atoms with Crippen molar-refractivity contribution in [2.75, 3.05) is 6.61 Å². The van der Waals surface area contributed by atoms with Crippen LogP contribution in [0.5, 0.6) is 0 Å². The van der Waals surface area contributed by atoms with Gasteiger partial charge in [0.15, 0.2) is 0 Å². The van der Waals surface area contributed by atoms with Gasteiger partial charge in [0.05, 0.1) is 6.10 Å². The summed E-state index contributed by atoms with van der Waals surface area (Å²) in [5, 5.41) is 4.01. The van der Waals surface area contributed by atoms with Crippen molar-refractivity contribution in [3.63, 3.8) is 0 Å². The SMILES string of the molecule is CCOC1CC(N)(c2nc(-c3ccc(F)c(C)c3)no2)C1(C)C. The highest BCUT2D eigenvalue weighted by Crippen LogP contribution is 2.55. The summed E-state index contributed by atoms with van der Waals surface area (Å²) >= 11 is 0. The fourth-order valence-electron chi connectivity index (χ4n) is 3.10. The molecule has 0 aliphatic heterocycles. The average molecular weight is 319 g/mol. The van der Waals surface area contributed by atoms with E-state index in [4.69, 9.17) is 15.0 Å². The molecule has 1 fully saturated rings. The number of aromatic nitrogens is 2. The summed E-state index contributed by atoms with van der Waals surface area (Å²) in [4.78, 5) is 4.45. The lowest BCUT2D eigenvalue weighted by Gasteiger charge is -2.56. The first-order valence-electron chi connectivity index (χ1n) is 7.81. The summed E-state index contributed by atoms with van der Waals surface area (Å²) in [6.45, 7) is 8.40. The first-order valence-corrected chi connectivity index (χ1v) is 7.81. The van der Waals surface area contributed by atoms with Gasteiger partial charge in [-0.2, -0.15) is 4.98 Å². The molecule has 0 bridgehead atoms. The second-order valence-electron chi connectivity index (χ2n) is 6.73. The molecule has 0 amide bonds. The van der Waals surface area contributed by atoms with Crippen LogP contribution in [0.25, 0.3) is 11.4 Å². The molecular weight excluding hydrogens is 297 g/mol. The highest BCUT2D eigenvalue weighted by Gasteiger charge is 2.62. The predicted octanol–water partition coefficient (Wildman–Crippen LogP) is 3.17. The van der Waals surface area contributed by atoms with E-state index < -0.39 is 5.54 Å². The first kappa shape index (κ1) is 16.1. The molecule has 0 radical (unpaired) electrons. The Balaban J connectivity index is 1.89. The second-order valence-corrected chi connectivity index (χ2v) is 6.73. The number of rotatable bonds is 4. The Hall–Kier alpha value is -1.79. The first-order chi connectivity index (χ1) is 10.8. The third kappa shape index (κ3) is 2.37. The van der Waals surface area contributed by atoms with Crippen molar-refractivity contribution >= 4 is 0 Å². The summed E-state index contributed by atoms with van der Waals surface area (Å²) in [5.41, 5.74) is 6.76. The zero-order valence-electron chi connectivity index (χ0n) is 13.9. The van der Waals surface area contributed by atoms with E-state index in [1.165, 1.54) is 6.07 Å². The maximum absolute atomic E-state index is 13.4. The van der Waals surface area contributed by atoms with Crippen LogP contribution in [0.1, 0.15) is 38.6 Å². The molecule has 2 aromatic rings. The van der Waals surface area contributed by atoms with Gasteiger partial charge in [-0.3, -0.25) is 0 Å². The van der Waals surface area contributed by atoms with Crippen molar-refractivity contribution in [3.05, 3.63) is 35.5 Å². The molecule has 3 rings (SSSR count). The fourth-order valence-corrected chi connectivity index (χ4v) is 3.10. The highest BCUT2D eigenvalue weighted by atomic mass is 19.1. The van der Waals surface area contributed by atoms with E-state index in [9.17, 15) is 4.39 Å². The van der Waals surface area contributed by atoms with Crippen molar-refractivity contribution in [1.29, 1.82) is 0 Å². The topological polar surface area (TPSA) is 74.2 Å². The van der Waals surface area contributed by atoms with Gasteiger partial charge in [-0.25, -0.2) is 4.39 Å². The van der Waals surface area contributed by atoms with Crippen LogP contribution >= 0.6 is 0 Å². The van der Waals surface area contributed by atoms with E-state index in [0.717, 1.165) is 0 Å². The van der Waals surface area contributed by atoms with Crippen molar-refractivity contribution in [2.24, 2.45) is 11.1 Å². The van der Waals surface area contributed by atoms with Crippen molar-refractivity contribution < 1.29 is 13.7 Å². The molecule has 23 heavy (non-hydrogen) atoms. The standard InChI is InChI=1S/C17H22FN3O2/c1-5-22-13-9-17(19,16(13,3)4)15-20-14(21-23-15)11-6-7-12(18)10(2)8-11/h6-8,13H,5,9,19H2,1-4H3. The van der Waals surface area contributed by atoms with Crippen LogP contribution in [-0.2, 0) is 10.3 Å². The van der Waals surface area contributed by atoms with E-state index in [-0.39, 0.29) is 17.3 Å². The minimum absolute atomic E-state index is 0.0703. The quantitative estimate of drug-likeness (QED) is 0.937. The number of aryl methyl sites for hydroxylation is 1. The van der Waals surface area contributed by atoms with E-state index in [1.54, 1.807) is 19.1 Å². The number of halogens is 1. The number of hydrogen-bond donors (Lipinski definition) is 1. The van der Waals surface area contributed by atoms with Gasteiger partial charge >= 0.3 is 0 Å². The lowest BCUT2D eigenvalue weighted by Crippen LogP contribution is -2.67. The van der Waals surface area contributed by atoms with Crippen LogP contribution in [0.15, 0.2) is 22.7 Å². The Labute approximate surface area is 135 Å². The van der Waals surface area contributed by atoms with Gasteiger partial charge < -0.3 is 15.0 Å². The molecule has 1 aliphatic carbocycles. The number of hydrogen-bond acceptors (Lipinski definition) is 5. The van der Waals surface area contributed by atoms with Crippen LogP contribution in [0.2, 0.25) is 0 Å². The summed E-state index contributed by atoms with van der Waals surface area (Å²) in [6.07, 6.45) is 0.707. The van der Waals surface area contributed by atoms with Crippen LogP contribution < -0.4 is 5.73 Å². The lowest BCUT2D eigenvalue weighted by molar-refractivity contribution is -0.162. The van der Waals surface area contributed by atoms with Gasteiger partial charge in [-0.05, 0) is 37.6 Å². The predicted molar refractivity (Wildman–Crippen MR) is 84.1 cm³/mol. The molecule has 1 aromatic heterocycles. The van der Waals surface area contributed by atoms with Gasteiger partial charge in [0.2, 0.25) is 11.7 Å². The van der Waals surface area contributed by atoms with Crippen LogP contribution in [0.4, 0.5) is 4.39 Å². The maximum Gasteiger partial charge on any atom is 0.247 e. The number of nitrogens with zero attached hydrogens (tertiary/aromatic N) is 2. The van der Waals surface area contributed by atoms with E-state index in [0.29, 0.717) is 35.9 Å². The lowest BCUT2D eigenvalue weighted by atomic mass is 9.54. The van der Waals surface area contributed by atoms with Gasteiger partial charge in [-0.1, -0.05) is 19.0 Å². The Morgan fingerprint density at radius 2 is 2.17 bits per heavy atom. The molecule has 1 heterocycles. The Morgan fingerprint density at radius 3 is 2.78 bits per heavy atom. The number of ether oxygens (including phenoxy) is 1. The maximum atomic E-state index is 13.4. The normalized spacial score (nSPS) is 26.1. The molecule has 6 heteroatoms. The molecule has 0 spiro atoms. The zero-order valence-corrected chi connectivity index (χ0v) is 13.9. The van der Waals surface area contributed by atoms with E-state index in [2.05, 4.69) is 10.1 Å². The smallest absolute Gasteiger partial charge is 0.247 e. The molecule has 2 atom stereocenters. The zero-order chi connectivity index (χ0) is 16.8. The minimum atomic E-state index is -0.715. The van der Waals surface area contributed by atoms with Crippen LogP contribution in [0, 0.1) is 18.2 Å². The van der Waals surface area contributed by atoms with E-state index >= 15 is 0 Å². The van der Waals surface area contributed by atoms with Gasteiger partial charge in [0.1, 0.15) is 11.4 Å². The Bertz CT molecular complexity index is 728. The number of nitrogens with two attached hydrogens (primary N) is 1. The van der Waals surface area contributed by atoms with Crippen molar-refractivity contribution in [3.8, 4) is 11.4 Å². The average Bonchev–Trinajstić information content (AvgIpc) is 3.00. The largest absolute Gasteiger partial charge is 0.378 e. The fraction of sp³-hybridized carbons (Fsp3) is 0.529. The summed E-state index contributed by atoms with van der Waals surface area (Å²) in [5.74, 6) is 0.562. The third-order valence-corrected chi connectivity index (χ3v) is 5.05. The summed E-state index contributed by atoms with van der Waals surface area (Å²) in [6, 6.07) is 4.73. The third-order valence-electron chi connectivity index (χ3n) is 5.05. The molecule has 1 saturated carbocycles. The van der Waals surface area contributed by atoms with E-state index in [1.807, 2.05) is 20.8 Å². The second kappa shape index (κ2) is 5.39. The molecule has 0 saturated heterocycles. The molecule has 124 valence electrons. The van der Waals surface area contributed by atoms with Gasteiger partial charge in [0.25, 0.3) is 0 Å². The molecule has 2 N–H and O–H groups in total. The highest BCUT2D eigenvalue weighted by molar-refractivity contribution is 5.55. The molecular formula is C17H22FN3O2. The molecule has 1 aromatic carbocycles. The monoisotopic (exact) mass is 319 g/mol. The summed E-state index contributed by atoms with van der Waals surface area (Å²) < 4.78 is 24.5. The van der Waals surface area contributed by atoms with Gasteiger partial charge in [-0.15, -0.1) is 0 Å². The number of benzene rings is 1. The minimum Gasteiger partial charge on any atom is -0.378 e. The molecule has 5 nitrogen and oxygen atoms in total. The van der Waals surface area contributed by atoms with Crippen molar-refractivity contribution in [2.45, 2.75) is 45.8 Å². The van der Waals surface area contributed by atoms with Crippen LogP contribution in [-0.4, -0.2) is 22.9 Å². The van der Waals surface area contributed by atoms with Crippen LogP contribution in [0.3, 0.4) is 0 Å². The Kier molecular flexibility index (Phi) is 3.77. The van der Waals surface area contributed by atoms with Gasteiger partial charge in [0, 0.05) is 24.0 Å².